The van der Waals surface area contributed by atoms with Crippen molar-refractivity contribution in [1.82, 2.24) is 63.5 Å². The Morgan fingerprint density at radius 2 is 0.894 bits per heavy atom. The van der Waals surface area contributed by atoms with Gasteiger partial charge in [-0.15, -0.1) is 0 Å². The molecule has 0 fully saturated rings. The number of aliphatic hydroxyl groups is 1. The van der Waals surface area contributed by atoms with Crippen LogP contribution in [0.4, 0.5) is 4.79 Å². The van der Waals surface area contributed by atoms with Crippen LogP contribution in [-0.2, 0) is 59.1 Å². The number of alkyl carbamates (subject to hydrolysis) is 1. The van der Waals surface area contributed by atoms with Crippen LogP contribution < -0.4 is 75.7 Å². The number of hydrogen-bond donors (Lipinski definition) is 18. The largest absolute Gasteiger partial charge is 0.480 e. The van der Waals surface area contributed by atoms with Crippen LogP contribution in [0.3, 0.4) is 0 Å². The fourth-order valence-corrected chi connectivity index (χ4v) is 12.5. The molecule has 3 aromatic carbocycles. The number of aliphatic carboxylic acids is 1. The lowest BCUT2D eigenvalue weighted by Gasteiger charge is -2.29. The maximum Gasteiger partial charge on any atom is 0.407 e. The molecule has 21 N–H and O–H groups in total. The lowest BCUT2D eigenvalue weighted by atomic mass is 9.98. The molecule has 0 bridgehead atoms. The van der Waals surface area contributed by atoms with E-state index in [0.29, 0.717) is 31.2 Å². The summed E-state index contributed by atoms with van der Waals surface area (Å²) < 4.78 is 5.64. The van der Waals surface area contributed by atoms with Gasteiger partial charge >= 0.3 is 12.1 Å². The second-order valence-electron chi connectivity index (χ2n) is 28.4. The van der Waals surface area contributed by atoms with Crippen molar-refractivity contribution in [2.24, 2.45) is 40.9 Å². The first kappa shape index (κ1) is 85.0. The van der Waals surface area contributed by atoms with E-state index in [1.807, 2.05) is 86.6 Å². The molecule has 30 nitrogen and oxygen atoms in total. The highest BCUT2D eigenvalue weighted by Gasteiger charge is 2.38. The Balaban J connectivity index is 1.36. The minimum Gasteiger partial charge on any atom is -0.480 e. The lowest BCUT2D eigenvalue weighted by molar-refractivity contribution is -0.143. The zero-order valence-corrected chi connectivity index (χ0v) is 61.4. The average molecular weight is 1450 g/mol. The quantitative estimate of drug-likeness (QED) is 0.0172. The van der Waals surface area contributed by atoms with Crippen LogP contribution in [0, 0.1) is 29.1 Å². The Morgan fingerprint density at radius 3 is 1.38 bits per heavy atom. The van der Waals surface area contributed by atoms with Crippen LogP contribution in [0.1, 0.15) is 162 Å². The third-order valence-corrected chi connectivity index (χ3v) is 17.7. The molecule has 104 heavy (non-hydrogen) atoms. The first-order valence-electron chi connectivity index (χ1n) is 36.2. The summed E-state index contributed by atoms with van der Waals surface area (Å²) >= 11 is 0. The molecule has 0 saturated heterocycles. The predicted octanol–water partition coefficient (Wildman–Crippen LogP) is 2.78. The summed E-state index contributed by atoms with van der Waals surface area (Å²) in [5, 5.41) is 58.7. The van der Waals surface area contributed by atoms with E-state index in [1.54, 1.807) is 47.7 Å². The molecule has 0 radical (unpaired) electrons. The van der Waals surface area contributed by atoms with Crippen molar-refractivity contribution in [3.63, 3.8) is 0 Å². The number of carboxylic acids is 1. The summed E-state index contributed by atoms with van der Waals surface area (Å²) in [6.45, 7) is 15.6. The maximum absolute atomic E-state index is 15.0. The molecule has 1 aromatic heterocycles. The van der Waals surface area contributed by atoms with E-state index in [1.165, 1.54) is 6.92 Å². The van der Waals surface area contributed by atoms with Crippen molar-refractivity contribution in [3.8, 4) is 11.1 Å². The summed E-state index contributed by atoms with van der Waals surface area (Å²) in [5.41, 5.74) is 22.8. The molecule has 0 unspecified atom stereocenters. The fraction of sp³-hybridized carbons (Fsp3) is 0.568. The van der Waals surface area contributed by atoms with Gasteiger partial charge < -0.3 is 95.6 Å². The van der Waals surface area contributed by atoms with E-state index in [9.17, 15) is 58.2 Å². The number of hydrogen-bond acceptors (Lipinski definition) is 16. The number of amides is 10. The number of nitrogens with one attached hydrogen (secondary N) is 13. The summed E-state index contributed by atoms with van der Waals surface area (Å²) in [5.74, 6) is -10.0. The Bertz CT molecular complexity index is 3500. The topological polar surface area (TPSA) is 487 Å². The SMILES string of the molecule is CC(C)C[C@H](NC(=O)[C@H](CC(C)C)NC(=O)[C@@H](NC(=O)[C@H](CCCCN)NC(=O)[C@H](CC(C)C)NC(=O)[C@H](CCCNC(=N)N)NC(=O)[C@H](CCCCN)NC(=O)[C@H](Cc1c[nH]c2ccccc12)NC(=O)[C@H](CC(C)C)NC(=O)CNC(=O)OCC1c2ccccc2-c2ccccc21)[C@@H](C)O)C(=O)O. The third-order valence-electron chi connectivity index (χ3n) is 17.7. The number of rotatable bonds is 45. The number of carboxylic acid groups (broad SMARTS) is 1. The van der Waals surface area contributed by atoms with Gasteiger partial charge in [-0.05, 0) is 155 Å². The number of aliphatic hydroxyl groups excluding tert-OH is 1. The summed E-state index contributed by atoms with van der Waals surface area (Å²) in [7, 11) is 0. The molecule has 0 spiro atoms. The van der Waals surface area contributed by atoms with Gasteiger partial charge in [0.15, 0.2) is 5.96 Å². The second kappa shape index (κ2) is 42.8. The van der Waals surface area contributed by atoms with Crippen LogP contribution in [0.2, 0.25) is 0 Å². The number of ether oxygens (including phenoxy) is 1. The van der Waals surface area contributed by atoms with Crippen LogP contribution in [-0.4, -0.2) is 180 Å². The number of carbonyl (C=O) groups excluding carboxylic acids is 10. The van der Waals surface area contributed by atoms with E-state index in [4.69, 9.17) is 27.3 Å². The molecular weight excluding hydrogens is 1340 g/mol. The Labute approximate surface area is 608 Å². The third kappa shape index (κ3) is 27.5. The number of aromatic amines is 1. The van der Waals surface area contributed by atoms with Crippen molar-refractivity contribution >= 4 is 82.1 Å². The number of benzene rings is 3. The number of carbonyl (C=O) groups is 11. The average Bonchev–Trinajstić information content (AvgIpc) is 1.62. The zero-order chi connectivity index (χ0) is 76.7. The van der Waals surface area contributed by atoms with E-state index < -0.39 is 132 Å². The van der Waals surface area contributed by atoms with Crippen molar-refractivity contribution in [3.05, 3.63) is 95.7 Å². The zero-order valence-electron chi connectivity index (χ0n) is 61.4. The number of unbranched alkanes of at least 4 members (excludes halogenated alkanes) is 2. The molecule has 30 heteroatoms. The molecule has 1 heterocycles. The maximum atomic E-state index is 15.0. The number of nitrogens with two attached hydrogens (primary N) is 3. The number of guanidine groups is 1. The van der Waals surface area contributed by atoms with Gasteiger partial charge in [-0.2, -0.15) is 0 Å². The number of aromatic nitrogens is 1. The molecule has 0 saturated carbocycles. The van der Waals surface area contributed by atoms with Gasteiger partial charge in [-0.3, -0.25) is 48.6 Å². The highest BCUT2D eigenvalue weighted by molar-refractivity contribution is 5.99. The van der Waals surface area contributed by atoms with E-state index in [-0.39, 0.29) is 120 Å². The van der Waals surface area contributed by atoms with Crippen molar-refractivity contribution in [2.75, 3.05) is 32.8 Å². The van der Waals surface area contributed by atoms with Crippen LogP contribution in [0.15, 0.2) is 79.0 Å². The van der Waals surface area contributed by atoms with E-state index in [2.05, 4.69) is 63.5 Å². The standard InChI is InChI=1S/C74H112N16O14/c1-41(2)33-57(82-62(92)39-81-74(103)104-40-52-50-24-12-10-22-48(50)49-23-11-13-25-51(49)52)67(96)87-60(37-46-38-80-53-26-15-14-21-47(46)53)70(99)84-54(27-16-18-30-75)64(93)83-56(29-20-32-79-73(77)78)65(94)86-58(34-42(3)4)68(97)85-55(28-17-19-31-76)66(95)90-63(45(9)91)71(100)88-59(35-43(5)6)69(98)89-61(72(101)102)36-44(7)8/h10-15,21-26,38,41-45,52,54-61,63,80,91H,16-20,27-37,39-40,75-76H2,1-9H3,(H,81,103)(H,82,92)(H,83,93)(H,84,99)(H,85,97)(H,86,94)(H,87,96)(H,88,100)(H,89,98)(H,90,95)(H,101,102)(H4,77,78,79)/t45-,54+,55+,56+,57+,58+,59+,60+,61+,63+/m1/s1. The Hall–Kier alpha value is -9.68. The van der Waals surface area contributed by atoms with Crippen LogP contribution in [0.25, 0.3) is 22.0 Å². The van der Waals surface area contributed by atoms with Crippen molar-refractivity contribution in [2.45, 2.75) is 212 Å². The number of para-hydroxylation sites is 1. The fourth-order valence-electron chi connectivity index (χ4n) is 12.5. The minimum atomic E-state index is -1.69. The molecule has 5 rings (SSSR count). The first-order valence-corrected chi connectivity index (χ1v) is 36.2. The van der Waals surface area contributed by atoms with Crippen molar-refractivity contribution < 1.29 is 67.7 Å². The minimum absolute atomic E-state index is 0.000381. The van der Waals surface area contributed by atoms with Gasteiger partial charge in [0.2, 0.25) is 53.2 Å². The second-order valence-corrected chi connectivity index (χ2v) is 28.4. The molecule has 0 aliphatic heterocycles. The summed E-state index contributed by atoms with van der Waals surface area (Å²) in [4.78, 5) is 158. The van der Waals surface area contributed by atoms with Gasteiger partial charge in [-0.25, -0.2) is 9.59 Å². The van der Waals surface area contributed by atoms with Gasteiger partial charge in [0.25, 0.3) is 0 Å². The normalized spacial score (nSPS) is 14.7. The smallest absolute Gasteiger partial charge is 0.407 e. The van der Waals surface area contributed by atoms with Crippen LogP contribution in [0.5, 0.6) is 0 Å². The number of fused-ring (bicyclic) bond motifs is 4. The molecule has 1 aliphatic rings. The Kier molecular flexibility index (Phi) is 35.0. The van der Waals surface area contributed by atoms with E-state index >= 15 is 4.79 Å². The summed E-state index contributed by atoms with van der Waals surface area (Å²) in [6.07, 6.45) is 0.877. The Morgan fingerprint density at radius 1 is 0.490 bits per heavy atom. The van der Waals surface area contributed by atoms with Gasteiger partial charge in [0.1, 0.15) is 67.5 Å². The molecule has 572 valence electrons. The molecular formula is C74H112N16O14. The predicted molar refractivity (Wildman–Crippen MR) is 395 cm³/mol. The highest BCUT2D eigenvalue weighted by atomic mass is 16.5. The first-order chi connectivity index (χ1) is 49.4. The molecule has 4 aromatic rings. The van der Waals surface area contributed by atoms with Crippen LogP contribution >= 0.6 is 0 Å². The van der Waals surface area contributed by atoms with Gasteiger partial charge in [0, 0.05) is 36.0 Å². The highest BCUT2D eigenvalue weighted by Crippen LogP contribution is 2.44. The molecule has 10 amide bonds. The number of H-pyrrole nitrogens is 1. The van der Waals surface area contributed by atoms with Crippen molar-refractivity contribution in [1.29, 1.82) is 5.41 Å². The van der Waals surface area contributed by atoms with E-state index in [0.717, 1.165) is 33.2 Å². The lowest BCUT2D eigenvalue weighted by Crippen LogP contribution is -2.62. The monoisotopic (exact) mass is 1450 g/mol. The molecule has 10 atom stereocenters. The molecule has 1 aliphatic carbocycles. The summed E-state index contributed by atoms with van der Waals surface area (Å²) in [6, 6.07) is 10.6. The van der Waals surface area contributed by atoms with Gasteiger partial charge in [0.05, 0.1) is 6.10 Å². The van der Waals surface area contributed by atoms with Gasteiger partial charge in [-0.1, -0.05) is 122 Å².